The first kappa shape index (κ1) is 34.1. The van der Waals surface area contributed by atoms with Crippen LogP contribution >= 0.6 is 0 Å². The van der Waals surface area contributed by atoms with Gasteiger partial charge in [0.15, 0.2) is 0 Å². The molecule has 4 amide bonds. The van der Waals surface area contributed by atoms with Gasteiger partial charge in [0, 0.05) is 17.6 Å². The second-order valence-corrected chi connectivity index (χ2v) is 12.8. The van der Waals surface area contributed by atoms with E-state index in [1.54, 1.807) is 20.8 Å². The number of amides is 4. The molecule has 2 atom stereocenters. The van der Waals surface area contributed by atoms with Crippen molar-refractivity contribution in [3.8, 4) is 0 Å². The lowest BCUT2D eigenvalue weighted by molar-refractivity contribution is -0.148. The van der Waals surface area contributed by atoms with Gasteiger partial charge in [-0.25, -0.2) is 4.79 Å². The molecule has 0 saturated heterocycles. The molecule has 9 nitrogen and oxygen atoms in total. The van der Waals surface area contributed by atoms with E-state index in [9.17, 15) is 19.2 Å². The van der Waals surface area contributed by atoms with Crippen molar-refractivity contribution in [3.63, 3.8) is 0 Å². The number of hydrogen-bond donors (Lipinski definition) is 3. The Morgan fingerprint density at radius 3 is 2.18 bits per heavy atom. The van der Waals surface area contributed by atoms with Crippen LogP contribution in [-0.2, 0) is 19.1 Å². The number of anilines is 1. The Balaban J connectivity index is 2.15. The van der Waals surface area contributed by atoms with Crippen molar-refractivity contribution in [1.29, 1.82) is 0 Å². The number of benzene rings is 3. The van der Waals surface area contributed by atoms with E-state index in [0.717, 1.165) is 21.9 Å². The lowest BCUT2D eigenvalue weighted by atomic mass is 9.89. The van der Waals surface area contributed by atoms with Crippen LogP contribution in [0.15, 0.2) is 60.7 Å². The second-order valence-electron chi connectivity index (χ2n) is 12.8. The van der Waals surface area contributed by atoms with Crippen LogP contribution in [0.5, 0.6) is 0 Å². The van der Waals surface area contributed by atoms with E-state index in [-0.39, 0.29) is 12.8 Å². The number of nitrogens with zero attached hydrogens (tertiary/aromatic N) is 1. The zero-order chi connectivity index (χ0) is 32.8. The summed E-state index contributed by atoms with van der Waals surface area (Å²) in [5.74, 6) is -1.55. The number of primary amides is 1. The molecule has 236 valence electrons. The van der Waals surface area contributed by atoms with Gasteiger partial charge >= 0.3 is 6.09 Å². The normalized spacial score (nSPS) is 13.1. The van der Waals surface area contributed by atoms with Crippen LogP contribution in [0.1, 0.15) is 83.5 Å². The van der Waals surface area contributed by atoms with Crippen LogP contribution in [0.25, 0.3) is 10.8 Å². The molecular formula is C35H46N4O5. The highest BCUT2D eigenvalue weighted by Crippen LogP contribution is 2.35. The minimum absolute atomic E-state index is 0.0600. The van der Waals surface area contributed by atoms with Crippen molar-refractivity contribution in [2.24, 2.45) is 5.73 Å². The predicted molar refractivity (Wildman–Crippen MR) is 174 cm³/mol. The number of aryl methyl sites for hydroxylation is 1. The van der Waals surface area contributed by atoms with Crippen LogP contribution in [-0.4, -0.2) is 45.9 Å². The smallest absolute Gasteiger partial charge is 0.408 e. The molecule has 0 saturated carbocycles. The summed E-state index contributed by atoms with van der Waals surface area (Å²) in [7, 11) is 0. The molecule has 0 aliphatic heterocycles. The first-order chi connectivity index (χ1) is 20.5. The Labute approximate surface area is 260 Å². The second kappa shape index (κ2) is 13.9. The minimum Gasteiger partial charge on any atom is -0.444 e. The van der Waals surface area contributed by atoms with Crippen molar-refractivity contribution in [2.75, 3.05) is 5.32 Å². The summed E-state index contributed by atoms with van der Waals surface area (Å²) in [6.07, 6.45) is -0.517. The third-order valence-corrected chi connectivity index (χ3v) is 7.89. The van der Waals surface area contributed by atoms with Crippen LogP contribution in [0.4, 0.5) is 10.5 Å². The molecule has 0 spiro atoms. The maximum Gasteiger partial charge on any atom is 0.408 e. The molecule has 9 heteroatoms. The number of ether oxygens (including phenoxy) is 1. The monoisotopic (exact) mass is 602 g/mol. The molecule has 0 fully saturated rings. The number of rotatable bonds is 11. The third-order valence-electron chi connectivity index (χ3n) is 7.89. The highest BCUT2D eigenvalue weighted by molar-refractivity contribution is 6.01. The molecule has 3 aromatic rings. The highest BCUT2D eigenvalue weighted by Gasteiger charge is 2.43. The molecule has 3 aromatic carbocycles. The fraction of sp³-hybridized carbons (Fsp3) is 0.429. The fourth-order valence-corrected chi connectivity index (χ4v) is 5.05. The number of carbonyl (C=O) groups excluding carboxylic acids is 4. The van der Waals surface area contributed by atoms with Gasteiger partial charge in [-0.05, 0) is 101 Å². The van der Waals surface area contributed by atoms with Gasteiger partial charge in [0.1, 0.15) is 17.7 Å². The van der Waals surface area contributed by atoms with Gasteiger partial charge in [-0.15, -0.1) is 0 Å². The Kier molecular flexibility index (Phi) is 10.8. The summed E-state index contributed by atoms with van der Waals surface area (Å²) in [6.45, 7) is 14.7. The van der Waals surface area contributed by atoms with E-state index in [2.05, 4.69) is 10.6 Å². The van der Waals surface area contributed by atoms with Crippen LogP contribution in [0.2, 0.25) is 0 Å². The Morgan fingerprint density at radius 2 is 1.57 bits per heavy atom. The molecular weight excluding hydrogens is 556 g/mol. The van der Waals surface area contributed by atoms with Crippen LogP contribution < -0.4 is 16.4 Å². The number of hydrogen-bond acceptors (Lipinski definition) is 5. The molecule has 44 heavy (non-hydrogen) atoms. The van der Waals surface area contributed by atoms with Gasteiger partial charge in [-0.3, -0.25) is 14.4 Å². The SMILES string of the molecule is CCC(C)(C)N(C(=O)C(CCC(N)=O)NC(=O)OC(C)(C)C)C(C(=O)Nc1ccc2ccccc2c1)c1cccc(C)c1C. The topological polar surface area (TPSA) is 131 Å². The molecule has 4 N–H and O–H groups in total. The van der Waals surface area contributed by atoms with E-state index >= 15 is 0 Å². The molecule has 3 rings (SSSR count). The number of carbonyl (C=O) groups is 4. The predicted octanol–water partition coefficient (Wildman–Crippen LogP) is 6.31. The summed E-state index contributed by atoms with van der Waals surface area (Å²) >= 11 is 0. The molecule has 2 unspecified atom stereocenters. The third kappa shape index (κ3) is 8.58. The molecule has 0 aliphatic carbocycles. The fourth-order valence-electron chi connectivity index (χ4n) is 5.05. The van der Waals surface area contributed by atoms with Crippen LogP contribution in [0.3, 0.4) is 0 Å². The van der Waals surface area contributed by atoms with E-state index < -0.39 is 47.0 Å². The molecule has 0 heterocycles. The standard InChI is InChI=1S/C35H46N4O5/c1-9-35(7,8)39(32(42)28(19-20-29(36)40)38-33(43)44-34(4,5)6)30(27-16-12-13-22(2)23(27)3)31(41)37-26-18-17-24-14-10-11-15-25(24)21-26/h10-18,21,28,30H,9,19-20H2,1-8H3,(H2,36,40)(H,37,41)(H,38,43). The summed E-state index contributed by atoms with van der Waals surface area (Å²) in [4.78, 5) is 55.3. The van der Waals surface area contributed by atoms with Crippen molar-refractivity contribution < 1.29 is 23.9 Å². The van der Waals surface area contributed by atoms with Gasteiger partial charge < -0.3 is 26.0 Å². The van der Waals surface area contributed by atoms with Gasteiger partial charge in [0.2, 0.25) is 11.8 Å². The molecule has 0 aliphatic rings. The van der Waals surface area contributed by atoms with Crippen molar-refractivity contribution in [3.05, 3.63) is 77.4 Å². The maximum absolute atomic E-state index is 14.6. The number of nitrogens with one attached hydrogen (secondary N) is 2. The summed E-state index contributed by atoms with van der Waals surface area (Å²) in [6, 6.07) is 16.9. The van der Waals surface area contributed by atoms with Crippen molar-refractivity contribution in [2.45, 2.75) is 97.9 Å². The highest BCUT2D eigenvalue weighted by atomic mass is 16.6. The number of alkyl carbamates (subject to hydrolysis) is 1. The van der Waals surface area contributed by atoms with Gasteiger partial charge in [0.05, 0.1) is 0 Å². The lowest BCUT2D eigenvalue weighted by Gasteiger charge is -2.45. The summed E-state index contributed by atoms with van der Waals surface area (Å²) in [5.41, 5.74) is 6.86. The molecule has 0 aromatic heterocycles. The van der Waals surface area contributed by atoms with Crippen molar-refractivity contribution in [1.82, 2.24) is 10.2 Å². The average Bonchev–Trinajstić information content (AvgIpc) is 2.94. The van der Waals surface area contributed by atoms with Crippen LogP contribution in [0, 0.1) is 13.8 Å². The Morgan fingerprint density at radius 1 is 0.909 bits per heavy atom. The Hall–Kier alpha value is -4.40. The molecule has 0 bridgehead atoms. The van der Waals surface area contributed by atoms with E-state index in [4.69, 9.17) is 10.5 Å². The largest absolute Gasteiger partial charge is 0.444 e. The lowest BCUT2D eigenvalue weighted by Crippen LogP contribution is -2.59. The summed E-state index contributed by atoms with van der Waals surface area (Å²) in [5, 5.41) is 7.70. The van der Waals surface area contributed by atoms with E-state index in [1.807, 2.05) is 95.3 Å². The van der Waals surface area contributed by atoms with E-state index in [1.165, 1.54) is 4.90 Å². The first-order valence-electron chi connectivity index (χ1n) is 15.0. The van der Waals surface area contributed by atoms with Crippen molar-refractivity contribution >= 4 is 40.3 Å². The average molecular weight is 603 g/mol. The molecule has 0 radical (unpaired) electrons. The minimum atomic E-state index is -1.18. The number of fused-ring (bicyclic) bond motifs is 1. The van der Waals surface area contributed by atoms with Gasteiger partial charge in [-0.2, -0.15) is 0 Å². The Bertz CT molecular complexity index is 1530. The van der Waals surface area contributed by atoms with Gasteiger partial charge in [-0.1, -0.05) is 55.5 Å². The zero-order valence-corrected chi connectivity index (χ0v) is 27.1. The first-order valence-corrected chi connectivity index (χ1v) is 15.0. The summed E-state index contributed by atoms with van der Waals surface area (Å²) < 4.78 is 5.44. The zero-order valence-electron chi connectivity index (χ0n) is 27.1. The quantitative estimate of drug-likeness (QED) is 0.237. The van der Waals surface area contributed by atoms with Gasteiger partial charge in [0.25, 0.3) is 5.91 Å². The van der Waals surface area contributed by atoms with E-state index in [0.29, 0.717) is 17.7 Å². The maximum atomic E-state index is 14.6. The number of nitrogens with two attached hydrogens (primary N) is 1.